The summed E-state index contributed by atoms with van der Waals surface area (Å²) in [5.41, 5.74) is 0. The Morgan fingerprint density at radius 1 is 0.406 bits per heavy atom. The highest BCUT2D eigenvalue weighted by Gasteiger charge is 2.24. The maximum absolute atomic E-state index is 11.7. The van der Waals surface area contributed by atoms with Crippen molar-refractivity contribution in [3.8, 4) is 0 Å². The van der Waals surface area contributed by atoms with Gasteiger partial charge >= 0.3 is 7.82 Å². The van der Waals surface area contributed by atoms with Gasteiger partial charge < -0.3 is 113 Å². The summed E-state index contributed by atoms with van der Waals surface area (Å²) in [5, 5.41) is 8.92. The summed E-state index contributed by atoms with van der Waals surface area (Å²) in [5.74, 6) is 0. The number of hydrogen-bond acceptors (Lipinski definition) is 30. The second-order valence-electron chi connectivity index (χ2n) is 11.0. The van der Waals surface area contributed by atoms with E-state index in [-0.39, 0.29) is 20.3 Å². The fourth-order valence-electron chi connectivity index (χ4n) is 3.01. The van der Waals surface area contributed by atoms with E-state index in [2.05, 4.69) is 63.3 Å². The number of phosphoric acid groups is 8. The molecule has 0 amide bonds. The molecule has 390 valence electrons. The summed E-state index contributed by atoms with van der Waals surface area (Å²) in [6.07, 6.45) is -2.31. The predicted molar refractivity (Wildman–Crippen MR) is 198 cm³/mol. The summed E-state index contributed by atoms with van der Waals surface area (Å²) < 4.78 is 150. The summed E-state index contributed by atoms with van der Waals surface area (Å²) in [4.78, 5) is 105. The Morgan fingerprint density at radius 3 is 0.953 bits per heavy atom. The molecule has 10 atom stereocenters. The van der Waals surface area contributed by atoms with E-state index < -0.39 is 160 Å². The summed E-state index contributed by atoms with van der Waals surface area (Å²) in [6, 6.07) is 0. The molecule has 0 saturated heterocycles. The van der Waals surface area contributed by atoms with Crippen LogP contribution in [0.3, 0.4) is 0 Å². The molecule has 0 aromatic carbocycles. The van der Waals surface area contributed by atoms with Crippen molar-refractivity contribution < 1.29 is 154 Å². The SMILES string of the molecule is C.CCC(C)OP(=O)([O-])OCCOP(=O)([O-])O.CCC(COP(=O)([O-])OCCOP(=O)([O-])OCCOP(=O)([O-])OCCOP(=O)([O-])OCCOP(=O)([O-])OC(CC)CO)OP(=O)(O)O. The second kappa shape index (κ2) is 33.4. The van der Waals surface area contributed by atoms with Gasteiger partial charge in [0.05, 0.1) is 97.6 Å². The smallest absolute Gasteiger partial charge is 0.469 e. The van der Waals surface area contributed by atoms with Crippen LogP contribution in [0.15, 0.2) is 0 Å². The molecule has 10 unspecified atom stereocenters. The van der Waals surface area contributed by atoms with Gasteiger partial charge in [0.1, 0.15) is 0 Å². The van der Waals surface area contributed by atoms with Gasteiger partial charge in [-0.15, -0.1) is 0 Å². The molecule has 33 nitrogen and oxygen atoms in total. The van der Waals surface area contributed by atoms with Crippen LogP contribution < -0.4 is 34.3 Å². The van der Waals surface area contributed by atoms with Crippen molar-refractivity contribution >= 4 is 62.6 Å². The normalized spacial score (nSPS) is 20.2. The number of aliphatic hydroxyl groups excluding tert-OH is 1. The van der Waals surface area contributed by atoms with Gasteiger partial charge in [0.25, 0.3) is 54.8 Å². The van der Waals surface area contributed by atoms with Crippen LogP contribution in [0.1, 0.15) is 54.4 Å². The molecule has 0 aromatic heterocycles. The molecule has 0 bridgehead atoms. The number of rotatable bonds is 38. The summed E-state index contributed by atoms with van der Waals surface area (Å²) in [6.45, 7) is -3.59. The highest BCUT2D eigenvalue weighted by atomic mass is 31.2. The zero-order valence-corrected chi connectivity index (χ0v) is 40.7. The molecule has 0 aromatic rings. The number of phosphoric ester groups is 8. The van der Waals surface area contributed by atoms with Gasteiger partial charge in [-0.2, -0.15) is 0 Å². The number of aliphatic hydroxyl groups is 1. The van der Waals surface area contributed by atoms with Crippen LogP contribution in [-0.4, -0.2) is 117 Å². The van der Waals surface area contributed by atoms with Crippen LogP contribution in [0, 0.1) is 0 Å². The zero-order valence-electron chi connectivity index (χ0n) is 33.5. The molecule has 0 heterocycles. The highest BCUT2D eigenvalue weighted by molar-refractivity contribution is 7.47. The third kappa shape index (κ3) is 42.9. The van der Waals surface area contributed by atoms with Gasteiger partial charge in [-0.3, -0.25) is 36.5 Å². The highest BCUT2D eigenvalue weighted by Crippen LogP contribution is 2.45. The first-order valence-electron chi connectivity index (χ1n) is 17.3. The van der Waals surface area contributed by atoms with Crippen molar-refractivity contribution in [2.75, 3.05) is 79.3 Å². The van der Waals surface area contributed by atoms with Crippen LogP contribution in [-0.2, 0) is 99.9 Å². The van der Waals surface area contributed by atoms with Crippen LogP contribution in [0.5, 0.6) is 0 Å². The van der Waals surface area contributed by atoms with E-state index in [1.54, 1.807) is 13.8 Å². The predicted octanol–water partition coefficient (Wildman–Crippen LogP) is -1.45. The van der Waals surface area contributed by atoms with Crippen LogP contribution in [0.2, 0.25) is 0 Å². The molecular weight excluding hydrogens is 1050 g/mol. The van der Waals surface area contributed by atoms with Crippen molar-refractivity contribution in [1.82, 2.24) is 0 Å². The second-order valence-corrected chi connectivity index (χ2v) is 21.8. The maximum Gasteiger partial charge on any atom is 0.469 e. The van der Waals surface area contributed by atoms with E-state index in [0.717, 1.165) is 0 Å². The molecular formula is C23H53O33P8-7. The molecule has 0 rings (SSSR count). The maximum atomic E-state index is 11.7. The molecule has 0 aliphatic rings. The standard InChI is InChI=1S/C16H40O25P6.C6H16O8P2.CH4/c1-3-15(13-17)41-47(29,30)38-12-11-36-45(25,26)34-8-7-32-43(21,22)31-5-6-33-44(23,24)35-9-10-37-46(27,28)39-14-16(4-2)40-42(18,19)20;1-3-6(2)14-16(10,11)13-5-4-12-15(7,8)9;/h15-17H,3-14H2,1-2H3,(H,21,22)(H,23,24)(H,25,26)(H,27,28)(H,29,30)(H2,18,19,20);6H,3-5H2,1-2H3,(H,10,11)(H2,7,8,9);1H4/p-7. The topological polar surface area (TPSA) is 508 Å². The molecule has 0 aliphatic heterocycles. The van der Waals surface area contributed by atoms with Crippen LogP contribution in [0.25, 0.3) is 0 Å². The van der Waals surface area contributed by atoms with Gasteiger partial charge in [-0.05, 0) is 26.2 Å². The average molecular weight is 1110 g/mol. The molecule has 4 N–H and O–H groups in total. The third-order valence-corrected chi connectivity index (χ3v) is 13.1. The van der Waals surface area contributed by atoms with Gasteiger partial charge in [0.15, 0.2) is 0 Å². The molecule has 0 saturated carbocycles. The van der Waals surface area contributed by atoms with Gasteiger partial charge in [-0.25, -0.2) is 4.57 Å². The Hall–Kier alpha value is 0.840. The lowest BCUT2D eigenvalue weighted by atomic mass is 10.3. The minimum absolute atomic E-state index is 0. The van der Waals surface area contributed by atoms with E-state index in [1.807, 2.05) is 0 Å². The minimum Gasteiger partial charge on any atom is -0.756 e. The number of hydrogen-bond donors (Lipinski definition) is 4. The van der Waals surface area contributed by atoms with Gasteiger partial charge in [0.2, 0.25) is 0 Å². The first-order chi connectivity index (χ1) is 28.6. The minimum atomic E-state index is -5.14. The Labute approximate surface area is 368 Å². The third-order valence-electron chi connectivity index (χ3n) is 5.90. The Morgan fingerprint density at radius 2 is 0.688 bits per heavy atom. The van der Waals surface area contributed by atoms with E-state index in [4.69, 9.17) is 19.8 Å². The molecule has 0 fully saturated rings. The van der Waals surface area contributed by atoms with E-state index in [9.17, 15) is 70.8 Å². The fourth-order valence-corrected chi connectivity index (χ4v) is 8.54. The zero-order chi connectivity index (χ0) is 49.2. The summed E-state index contributed by atoms with van der Waals surface area (Å²) in [7, 11) is -39.5. The molecule has 0 spiro atoms. The molecule has 0 aliphatic carbocycles. The van der Waals surface area contributed by atoms with Crippen LogP contribution in [0.4, 0.5) is 0 Å². The fraction of sp³-hybridized carbons (Fsp3) is 1.00. The van der Waals surface area contributed by atoms with Crippen molar-refractivity contribution in [3.63, 3.8) is 0 Å². The molecule has 41 heteroatoms. The largest absolute Gasteiger partial charge is 0.756 e. The Bertz CT molecular complexity index is 1650. The average Bonchev–Trinajstić information content (AvgIpc) is 3.14. The first-order valence-corrected chi connectivity index (χ1v) is 29.1. The molecule has 0 radical (unpaired) electrons. The Balaban J connectivity index is -0.00000184. The lowest BCUT2D eigenvalue weighted by Crippen LogP contribution is -2.21. The van der Waals surface area contributed by atoms with E-state index >= 15 is 0 Å². The van der Waals surface area contributed by atoms with Crippen LogP contribution >= 0.6 is 62.6 Å². The van der Waals surface area contributed by atoms with E-state index in [1.165, 1.54) is 13.8 Å². The lowest BCUT2D eigenvalue weighted by molar-refractivity contribution is -0.238. The lowest BCUT2D eigenvalue weighted by Gasteiger charge is -2.28. The van der Waals surface area contributed by atoms with Crippen molar-refractivity contribution in [2.24, 2.45) is 0 Å². The quantitative estimate of drug-likeness (QED) is 0.0406. The monoisotopic (exact) mass is 1110 g/mol. The van der Waals surface area contributed by atoms with Gasteiger partial charge in [-0.1, -0.05) is 28.2 Å². The Kier molecular flexibility index (Phi) is 36.1. The van der Waals surface area contributed by atoms with Crippen molar-refractivity contribution in [3.05, 3.63) is 0 Å². The first kappa shape index (κ1) is 69.1. The molecule has 64 heavy (non-hydrogen) atoms. The van der Waals surface area contributed by atoms with Crippen molar-refractivity contribution in [1.29, 1.82) is 0 Å². The summed E-state index contributed by atoms with van der Waals surface area (Å²) >= 11 is 0. The van der Waals surface area contributed by atoms with Crippen molar-refractivity contribution in [2.45, 2.75) is 72.7 Å². The van der Waals surface area contributed by atoms with E-state index in [0.29, 0.717) is 6.42 Å². The van der Waals surface area contributed by atoms with Gasteiger partial charge in [0, 0.05) is 0 Å².